The number of aromatic nitrogens is 3. The van der Waals surface area contributed by atoms with Crippen LogP contribution in [0.25, 0.3) is 5.69 Å². The highest BCUT2D eigenvalue weighted by Gasteiger charge is 2.22. The number of thioether (sulfide) groups is 1. The van der Waals surface area contributed by atoms with Crippen molar-refractivity contribution in [2.75, 3.05) is 30.3 Å². The van der Waals surface area contributed by atoms with Gasteiger partial charge in [0.2, 0.25) is 11.9 Å². The molecule has 6 nitrogen and oxygen atoms in total. The van der Waals surface area contributed by atoms with Gasteiger partial charge in [-0.3, -0.25) is 9.36 Å². The summed E-state index contributed by atoms with van der Waals surface area (Å²) in [6.45, 7) is 8.96. The summed E-state index contributed by atoms with van der Waals surface area (Å²) in [4.78, 5) is 14.4. The number of benzene rings is 1. The Morgan fingerprint density at radius 2 is 1.85 bits per heavy atom. The lowest BCUT2D eigenvalue weighted by Crippen LogP contribution is -2.31. The van der Waals surface area contributed by atoms with Crippen molar-refractivity contribution in [3.8, 4) is 5.69 Å². The van der Waals surface area contributed by atoms with Crippen LogP contribution in [0.5, 0.6) is 0 Å². The summed E-state index contributed by atoms with van der Waals surface area (Å²) in [6, 6.07) is 8.38. The Labute approximate surface area is 165 Å². The van der Waals surface area contributed by atoms with Gasteiger partial charge in [0.05, 0.1) is 11.4 Å². The Morgan fingerprint density at radius 3 is 2.52 bits per heavy atom. The second-order valence-electron chi connectivity index (χ2n) is 7.49. The number of nitrogens with one attached hydrogen (secondary N) is 1. The van der Waals surface area contributed by atoms with Crippen LogP contribution >= 0.6 is 11.8 Å². The van der Waals surface area contributed by atoms with E-state index in [-0.39, 0.29) is 5.91 Å². The number of aryl methyl sites for hydroxylation is 1. The van der Waals surface area contributed by atoms with E-state index in [1.54, 1.807) is 0 Å². The monoisotopic (exact) mass is 387 g/mol. The van der Waals surface area contributed by atoms with E-state index >= 15 is 0 Å². The lowest BCUT2D eigenvalue weighted by molar-refractivity contribution is -0.118. The molecule has 0 radical (unpaired) electrons. The van der Waals surface area contributed by atoms with Crippen LogP contribution in [-0.2, 0) is 4.79 Å². The van der Waals surface area contributed by atoms with Crippen molar-refractivity contribution in [3.05, 3.63) is 29.8 Å². The molecule has 1 amide bonds. The molecule has 146 valence electrons. The predicted octanol–water partition coefficient (Wildman–Crippen LogP) is 3.43. The van der Waals surface area contributed by atoms with Crippen LogP contribution in [0.1, 0.15) is 38.7 Å². The highest BCUT2D eigenvalue weighted by Crippen LogP contribution is 2.28. The molecule has 0 unspecified atom stereocenters. The van der Waals surface area contributed by atoms with Gasteiger partial charge in [0.1, 0.15) is 0 Å². The minimum Gasteiger partial charge on any atom is -0.355 e. The molecule has 1 saturated heterocycles. The van der Waals surface area contributed by atoms with E-state index in [9.17, 15) is 4.79 Å². The van der Waals surface area contributed by atoms with Crippen molar-refractivity contribution in [3.63, 3.8) is 0 Å². The van der Waals surface area contributed by atoms with Gasteiger partial charge in [0, 0.05) is 19.6 Å². The molecule has 2 aromatic rings. The second kappa shape index (κ2) is 9.26. The number of anilines is 1. The topological polar surface area (TPSA) is 63.1 Å². The normalized spacial score (nSPS) is 14.6. The van der Waals surface area contributed by atoms with E-state index in [1.165, 1.54) is 36.6 Å². The first-order valence-corrected chi connectivity index (χ1v) is 10.7. The van der Waals surface area contributed by atoms with Crippen LogP contribution in [0.4, 0.5) is 5.95 Å². The van der Waals surface area contributed by atoms with Gasteiger partial charge in [-0.25, -0.2) is 0 Å². The molecule has 1 aromatic carbocycles. The molecule has 0 spiro atoms. The van der Waals surface area contributed by atoms with Gasteiger partial charge >= 0.3 is 0 Å². The first-order valence-electron chi connectivity index (χ1n) is 9.71. The highest BCUT2D eigenvalue weighted by atomic mass is 32.2. The van der Waals surface area contributed by atoms with E-state index in [4.69, 9.17) is 0 Å². The average Bonchev–Trinajstić information content (AvgIpc) is 3.10. The summed E-state index contributed by atoms with van der Waals surface area (Å²) in [5.74, 6) is 1.70. The maximum absolute atomic E-state index is 12.1. The Kier molecular flexibility index (Phi) is 6.77. The van der Waals surface area contributed by atoms with Crippen LogP contribution in [0.3, 0.4) is 0 Å². The van der Waals surface area contributed by atoms with Crippen LogP contribution in [0.15, 0.2) is 29.4 Å². The minimum absolute atomic E-state index is 0.0340. The number of nitrogens with zero attached hydrogens (tertiary/aromatic N) is 4. The predicted molar refractivity (Wildman–Crippen MR) is 111 cm³/mol. The molecular weight excluding hydrogens is 358 g/mol. The molecule has 0 bridgehead atoms. The van der Waals surface area contributed by atoms with Crippen LogP contribution < -0.4 is 10.2 Å². The standard InChI is InChI=1S/C20H29N5OS/c1-15(2)13-21-18(26)14-27-20-23-22-19(24-11-5-4-6-12-24)25(20)17-9-7-16(3)8-10-17/h7-10,15H,4-6,11-14H2,1-3H3,(H,21,26). The van der Waals surface area contributed by atoms with Crippen molar-refractivity contribution in [1.82, 2.24) is 20.1 Å². The van der Waals surface area contributed by atoms with Gasteiger partial charge in [0.25, 0.3) is 0 Å². The van der Waals surface area contributed by atoms with Gasteiger partial charge in [-0.15, -0.1) is 10.2 Å². The Balaban J connectivity index is 1.81. The van der Waals surface area contributed by atoms with E-state index in [0.29, 0.717) is 18.2 Å². The third-order valence-corrected chi connectivity index (χ3v) is 5.52. The van der Waals surface area contributed by atoms with Gasteiger partial charge in [-0.1, -0.05) is 43.3 Å². The maximum Gasteiger partial charge on any atom is 0.232 e. The fraction of sp³-hybridized carbons (Fsp3) is 0.550. The third-order valence-electron chi connectivity index (χ3n) is 4.59. The van der Waals surface area contributed by atoms with Gasteiger partial charge in [0.15, 0.2) is 5.16 Å². The Bertz CT molecular complexity index is 750. The molecule has 1 aliphatic heterocycles. The molecule has 2 heterocycles. The average molecular weight is 388 g/mol. The number of hydrogen-bond acceptors (Lipinski definition) is 5. The molecule has 1 aromatic heterocycles. The molecule has 0 aliphatic carbocycles. The summed E-state index contributed by atoms with van der Waals surface area (Å²) < 4.78 is 2.09. The van der Waals surface area contributed by atoms with Crippen molar-refractivity contribution >= 4 is 23.6 Å². The quantitative estimate of drug-likeness (QED) is 0.738. The van der Waals surface area contributed by atoms with Crippen molar-refractivity contribution in [1.29, 1.82) is 0 Å². The summed E-state index contributed by atoms with van der Waals surface area (Å²) >= 11 is 1.44. The SMILES string of the molecule is Cc1ccc(-n2c(SCC(=O)NCC(C)C)nnc2N2CCCCC2)cc1. The number of rotatable bonds is 7. The summed E-state index contributed by atoms with van der Waals surface area (Å²) in [7, 11) is 0. The lowest BCUT2D eigenvalue weighted by atomic mass is 10.1. The van der Waals surface area contributed by atoms with E-state index < -0.39 is 0 Å². The zero-order chi connectivity index (χ0) is 19.2. The molecular formula is C20H29N5OS. The number of piperidine rings is 1. The number of carbonyl (C=O) groups excluding carboxylic acids is 1. The minimum atomic E-state index is 0.0340. The first kappa shape index (κ1) is 19.7. The van der Waals surface area contributed by atoms with Gasteiger partial charge < -0.3 is 10.2 Å². The van der Waals surface area contributed by atoms with E-state index in [0.717, 1.165) is 29.9 Å². The third kappa shape index (κ3) is 5.25. The molecule has 1 fully saturated rings. The van der Waals surface area contributed by atoms with E-state index in [1.807, 2.05) is 0 Å². The summed E-state index contributed by atoms with van der Waals surface area (Å²) in [5.41, 5.74) is 2.25. The highest BCUT2D eigenvalue weighted by molar-refractivity contribution is 7.99. The zero-order valence-corrected chi connectivity index (χ0v) is 17.3. The van der Waals surface area contributed by atoms with E-state index in [2.05, 4.69) is 70.0 Å². The van der Waals surface area contributed by atoms with Crippen molar-refractivity contribution in [2.24, 2.45) is 5.92 Å². The van der Waals surface area contributed by atoms with Gasteiger partial charge in [-0.2, -0.15) is 0 Å². The second-order valence-corrected chi connectivity index (χ2v) is 8.43. The zero-order valence-electron chi connectivity index (χ0n) is 16.4. The molecule has 3 rings (SSSR count). The summed E-state index contributed by atoms with van der Waals surface area (Å²) in [6.07, 6.45) is 3.63. The smallest absolute Gasteiger partial charge is 0.232 e. The number of hydrogen-bond donors (Lipinski definition) is 1. The molecule has 27 heavy (non-hydrogen) atoms. The fourth-order valence-electron chi connectivity index (χ4n) is 3.07. The van der Waals surface area contributed by atoms with Crippen LogP contribution in [0, 0.1) is 12.8 Å². The van der Waals surface area contributed by atoms with Crippen LogP contribution in [-0.4, -0.2) is 46.1 Å². The molecule has 7 heteroatoms. The largest absolute Gasteiger partial charge is 0.355 e. The van der Waals surface area contributed by atoms with Gasteiger partial charge in [-0.05, 0) is 44.2 Å². The first-order chi connectivity index (χ1) is 13.0. The van der Waals surface area contributed by atoms with Crippen LogP contribution in [0.2, 0.25) is 0 Å². The van der Waals surface area contributed by atoms with Crippen molar-refractivity contribution < 1.29 is 4.79 Å². The molecule has 0 atom stereocenters. The maximum atomic E-state index is 12.1. The molecule has 1 N–H and O–H groups in total. The fourth-order valence-corrected chi connectivity index (χ4v) is 3.85. The molecule has 1 aliphatic rings. The number of carbonyl (C=O) groups is 1. The summed E-state index contributed by atoms with van der Waals surface area (Å²) in [5, 5.41) is 12.6. The van der Waals surface area contributed by atoms with Crippen molar-refractivity contribution in [2.45, 2.75) is 45.2 Å². The number of amides is 1. The molecule has 0 saturated carbocycles. The Morgan fingerprint density at radius 1 is 1.15 bits per heavy atom. The Hall–Kier alpha value is -2.02. The lowest BCUT2D eigenvalue weighted by Gasteiger charge is -2.27.